The molecule has 0 N–H and O–H groups in total. The topological polar surface area (TPSA) is 45.7 Å². The van der Waals surface area contributed by atoms with Crippen molar-refractivity contribution in [1.29, 1.82) is 0 Å². The van der Waals surface area contributed by atoms with Crippen LogP contribution in [0.15, 0.2) is 12.1 Å². The number of carbonyl (C=O) groups excluding carboxylic acids is 1. The zero-order valence-corrected chi connectivity index (χ0v) is 13.8. The van der Waals surface area contributed by atoms with Crippen molar-refractivity contribution >= 4 is 17.5 Å². The number of likely N-dealkylation sites (tertiary alicyclic amines) is 2. The number of carbonyl (C=O) groups is 1. The zero-order valence-electron chi connectivity index (χ0n) is 13.1. The quantitative estimate of drug-likeness (QED) is 0.802. The maximum Gasteiger partial charge on any atom is 0.272 e. The van der Waals surface area contributed by atoms with E-state index in [1.165, 1.54) is 20.0 Å². The summed E-state index contributed by atoms with van der Waals surface area (Å²) < 4.78 is 5.08. The second kappa shape index (κ2) is 6.42. The Kier molecular flexibility index (Phi) is 4.54. The third kappa shape index (κ3) is 2.79. The Morgan fingerprint density at radius 3 is 2.68 bits per heavy atom. The summed E-state index contributed by atoms with van der Waals surface area (Å²) >= 11 is 6.03. The van der Waals surface area contributed by atoms with Gasteiger partial charge in [-0.3, -0.25) is 9.69 Å². The fourth-order valence-corrected chi connectivity index (χ4v) is 3.84. The van der Waals surface area contributed by atoms with Crippen molar-refractivity contribution in [3.63, 3.8) is 0 Å². The number of nitrogens with zero attached hydrogens (tertiary/aromatic N) is 3. The normalized spacial score (nSPS) is 25.7. The third-order valence-electron chi connectivity index (χ3n) is 4.84. The van der Waals surface area contributed by atoms with Crippen LogP contribution in [-0.2, 0) is 0 Å². The first-order valence-electron chi connectivity index (χ1n) is 7.87. The molecule has 0 saturated carbocycles. The van der Waals surface area contributed by atoms with Crippen molar-refractivity contribution < 1.29 is 9.53 Å². The van der Waals surface area contributed by atoms with Crippen LogP contribution in [0.1, 0.15) is 36.7 Å². The molecule has 3 heterocycles. The molecular formula is C16H22ClN3O2. The number of rotatable bonds is 3. The smallest absolute Gasteiger partial charge is 0.272 e. The second-order valence-corrected chi connectivity index (χ2v) is 6.39. The summed E-state index contributed by atoms with van der Waals surface area (Å²) in [5.41, 5.74) is 0.389. The van der Waals surface area contributed by atoms with E-state index in [-0.39, 0.29) is 17.1 Å². The van der Waals surface area contributed by atoms with Crippen molar-refractivity contribution in [2.75, 3.05) is 26.7 Å². The van der Waals surface area contributed by atoms with Gasteiger partial charge in [0.15, 0.2) is 10.9 Å². The number of amides is 1. The van der Waals surface area contributed by atoms with Gasteiger partial charge in [-0.15, -0.1) is 0 Å². The molecule has 1 aromatic rings. The van der Waals surface area contributed by atoms with E-state index < -0.39 is 0 Å². The summed E-state index contributed by atoms with van der Waals surface area (Å²) in [7, 11) is 1.54. The van der Waals surface area contributed by atoms with Crippen LogP contribution in [0.2, 0.25) is 5.15 Å². The molecule has 0 bridgehead atoms. The molecule has 0 spiro atoms. The van der Waals surface area contributed by atoms with Gasteiger partial charge in [-0.25, -0.2) is 4.98 Å². The predicted octanol–water partition coefficient (Wildman–Crippen LogP) is 2.44. The second-order valence-electron chi connectivity index (χ2n) is 6.03. The van der Waals surface area contributed by atoms with Crippen molar-refractivity contribution in [1.82, 2.24) is 14.8 Å². The summed E-state index contributed by atoms with van der Waals surface area (Å²) in [5, 5.41) is 0.233. The summed E-state index contributed by atoms with van der Waals surface area (Å²) in [6.07, 6.45) is 3.58. The Hall–Kier alpha value is -1.33. The van der Waals surface area contributed by atoms with Gasteiger partial charge in [0, 0.05) is 18.6 Å². The van der Waals surface area contributed by atoms with Crippen LogP contribution in [-0.4, -0.2) is 59.5 Å². The molecule has 6 heteroatoms. The van der Waals surface area contributed by atoms with Crippen molar-refractivity contribution in [3.8, 4) is 5.75 Å². The Morgan fingerprint density at radius 1 is 1.32 bits per heavy atom. The van der Waals surface area contributed by atoms with Crippen molar-refractivity contribution in [2.45, 2.75) is 38.3 Å². The van der Waals surface area contributed by atoms with Crippen LogP contribution in [0.5, 0.6) is 5.75 Å². The Bertz CT molecular complexity index is 560. The molecule has 1 amide bonds. The standard InChI is InChI=1S/C16H22ClN3O2/c1-11-13(19-8-3-4-9-19)7-10-20(11)16(21)12-5-6-14(22-2)15(17)18-12/h5-6,11,13H,3-4,7-10H2,1-2H3. The summed E-state index contributed by atoms with van der Waals surface area (Å²) in [4.78, 5) is 21.3. The van der Waals surface area contributed by atoms with Crippen LogP contribution < -0.4 is 4.74 Å². The van der Waals surface area contributed by atoms with Gasteiger partial charge in [0.25, 0.3) is 5.91 Å². The Balaban J connectivity index is 1.73. The molecule has 1 aromatic heterocycles. The molecule has 2 saturated heterocycles. The molecule has 120 valence electrons. The van der Waals surface area contributed by atoms with Gasteiger partial charge in [-0.1, -0.05) is 11.6 Å². The summed E-state index contributed by atoms with van der Waals surface area (Å²) in [5.74, 6) is 0.446. The first kappa shape index (κ1) is 15.6. The van der Waals surface area contributed by atoms with E-state index in [4.69, 9.17) is 16.3 Å². The minimum atomic E-state index is -0.0428. The molecule has 2 aliphatic heterocycles. The molecule has 2 unspecified atom stereocenters. The minimum absolute atomic E-state index is 0.0428. The monoisotopic (exact) mass is 323 g/mol. The van der Waals surface area contributed by atoms with Gasteiger partial charge >= 0.3 is 0 Å². The van der Waals surface area contributed by atoms with Gasteiger partial charge in [0.2, 0.25) is 0 Å². The summed E-state index contributed by atoms with van der Waals surface area (Å²) in [6, 6.07) is 4.07. The van der Waals surface area contributed by atoms with Gasteiger partial charge in [0.05, 0.1) is 7.11 Å². The molecular weight excluding hydrogens is 302 g/mol. The highest BCUT2D eigenvalue weighted by Gasteiger charge is 2.38. The molecule has 0 aliphatic carbocycles. The molecule has 3 rings (SSSR count). The largest absolute Gasteiger partial charge is 0.494 e. The summed E-state index contributed by atoms with van der Waals surface area (Å²) in [6.45, 7) is 5.23. The molecule has 2 fully saturated rings. The molecule has 5 nitrogen and oxygen atoms in total. The number of hydrogen-bond acceptors (Lipinski definition) is 4. The maximum absolute atomic E-state index is 12.7. The van der Waals surface area contributed by atoms with Gasteiger partial charge in [0.1, 0.15) is 5.69 Å². The van der Waals surface area contributed by atoms with Crippen LogP contribution in [0, 0.1) is 0 Å². The molecule has 2 aliphatic rings. The lowest BCUT2D eigenvalue weighted by Crippen LogP contribution is -2.44. The number of methoxy groups -OCH3 is 1. The predicted molar refractivity (Wildman–Crippen MR) is 85.5 cm³/mol. The highest BCUT2D eigenvalue weighted by Crippen LogP contribution is 2.28. The fourth-order valence-electron chi connectivity index (χ4n) is 3.61. The number of aromatic nitrogens is 1. The number of halogens is 1. The van der Waals surface area contributed by atoms with E-state index in [0.717, 1.165) is 26.1 Å². The lowest BCUT2D eigenvalue weighted by Gasteiger charge is -2.30. The lowest BCUT2D eigenvalue weighted by molar-refractivity contribution is 0.0706. The van der Waals surface area contributed by atoms with E-state index in [9.17, 15) is 4.79 Å². The first-order chi connectivity index (χ1) is 10.6. The van der Waals surface area contributed by atoms with E-state index in [1.807, 2.05) is 4.90 Å². The highest BCUT2D eigenvalue weighted by atomic mass is 35.5. The van der Waals surface area contributed by atoms with Crippen molar-refractivity contribution in [3.05, 3.63) is 23.0 Å². The van der Waals surface area contributed by atoms with Crippen LogP contribution in [0.25, 0.3) is 0 Å². The first-order valence-corrected chi connectivity index (χ1v) is 8.25. The van der Waals surface area contributed by atoms with Gasteiger partial charge < -0.3 is 9.64 Å². The van der Waals surface area contributed by atoms with Crippen molar-refractivity contribution in [2.24, 2.45) is 0 Å². The Labute approximate surface area is 136 Å². The molecule has 2 atom stereocenters. The lowest BCUT2D eigenvalue weighted by atomic mass is 10.1. The van der Waals surface area contributed by atoms with E-state index in [2.05, 4.69) is 16.8 Å². The Morgan fingerprint density at radius 2 is 2.05 bits per heavy atom. The fraction of sp³-hybridized carbons (Fsp3) is 0.625. The highest BCUT2D eigenvalue weighted by molar-refractivity contribution is 6.31. The van der Waals surface area contributed by atoms with E-state index >= 15 is 0 Å². The van der Waals surface area contributed by atoms with E-state index in [0.29, 0.717) is 17.5 Å². The SMILES string of the molecule is COc1ccc(C(=O)N2CCC(N3CCCC3)C2C)nc1Cl. The van der Waals surface area contributed by atoms with Gasteiger partial charge in [-0.2, -0.15) is 0 Å². The number of pyridine rings is 1. The van der Waals surface area contributed by atoms with Crippen LogP contribution in [0.3, 0.4) is 0 Å². The van der Waals surface area contributed by atoms with Crippen LogP contribution in [0.4, 0.5) is 0 Å². The van der Waals surface area contributed by atoms with Crippen LogP contribution >= 0.6 is 11.6 Å². The number of hydrogen-bond donors (Lipinski definition) is 0. The van der Waals surface area contributed by atoms with Gasteiger partial charge in [-0.05, 0) is 51.4 Å². The average molecular weight is 324 g/mol. The minimum Gasteiger partial charge on any atom is -0.494 e. The molecule has 0 aromatic carbocycles. The van der Waals surface area contributed by atoms with E-state index in [1.54, 1.807) is 12.1 Å². The molecule has 0 radical (unpaired) electrons. The zero-order chi connectivity index (χ0) is 15.7. The molecule has 22 heavy (non-hydrogen) atoms. The number of ether oxygens (including phenoxy) is 1. The maximum atomic E-state index is 12.7. The third-order valence-corrected chi connectivity index (χ3v) is 5.11. The average Bonchev–Trinajstić information content (AvgIpc) is 3.15.